The predicted molar refractivity (Wildman–Crippen MR) is 90.8 cm³/mol. The third-order valence-corrected chi connectivity index (χ3v) is 4.11. The monoisotopic (exact) mass is 322 g/mol. The molecule has 2 aromatic rings. The third-order valence-electron chi connectivity index (χ3n) is 4.11. The molecule has 5 heteroatoms. The van der Waals surface area contributed by atoms with Gasteiger partial charge >= 0.3 is 0 Å². The van der Waals surface area contributed by atoms with Crippen molar-refractivity contribution in [2.24, 2.45) is 4.99 Å². The van der Waals surface area contributed by atoms with Gasteiger partial charge in [0.15, 0.2) is 11.5 Å². The largest absolute Gasteiger partial charge is 0.454 e. The second-order valence-electron chi connectivity index (χ2n) is 5.94. The molecule has 1 N–H and O–H groups in total. The fourth-order valence-electron chi connectivity index (χ4n) is 2.99. The van der Waals surface area contributed by atoms with Crippen molar-refractivity contribution in [3.05, 3.63) is 59.2 Å². The number of carbonyl (C=O) groups excluding carboxylic acids is 1. The Bertz CT molecular complexity index is 814. The number of ether oxygens (including phenoxy) is 2. The van der Waals surface area contributed by atoms with Crippen LogP contribution in [0.15, 0.2) is 47.5 Å². The molecule has 5 nitrogen and oxygen atoms in total. The van der Waals surface area contributed by atoms with E-state index in [9.17, 15) is 4.79 Å². The van der Waals surface area contributed by atoms with Crippen molar-refractivity contribution in [1.82, 2.24) is 5.32 Å². The summed E-state index contributed by atoms with van der Waals surface area (Å²) in [6.45, 7) is 1.93. The molecule has 122 valence electrons. The topological polar surface area (TPSA) is 59.9 Å². The summed E-state index contributed by atoms with van der Waals surface area (Å²) in [7, 11) is 0. The number of hydrogen-bond donors (Lipinski definition) is 1. The van der Waals surface area contributed by atoms with Crippen LogP contribution < -0.4 is 14.8 Å². The van der Waals surface area contributed by atoms with Crippen molar-refractivity contribution in [2.75, 3.05) is 19.9 Å². The number of ketones is 1. The predicted octanol–water partition coefficient (Wildman–Crippen LogP) is 2.12. The fraction of sp³-hybridized carbons (Fsp3) is 0.263. The highest BCUT2D eigenvalue weighted by Gasteiger charge is 2.15. The molecule has 0 aromatic heterocycles. The second kappa shape index (κ2) is 6.35. The van der Waals surface area contributed by atoms with Crippen LogP contribution in [0.1, 0.15) is 16.7 Å². The molecule has 0 spiro atoms. The van der Waals surface area contributed by atoms with Crippen LogP contribution in [-0.2, 0) is 17.6 Å². The van der Waals surface area contributed by atoms with Gasteiger partial charge in [-0.05, 0) is 29.3 Å². The molecular formula is C19H18N2O3. The minimum atomic E-state index is 0.173. The van der Waals surface area contributed by atoms with E-state index in [4.69, 9.17) is 9.47 Å². The van der Waals surface area contributed by atoms with Crippen LogP contribution in [0.2, 0.25) is 0 Å². The second-order valence-corrected chi connectivity index (χ2v) is 5.94. The summed E-state index contributed by atoms with van der Waals surface area (Å²) in [6.07, 6.45) is 0.801. The van der Waals surface area contributed by atoms with E-state index in [-0.39, 0.29) is 12.6 Å². The Balaban J connectivity index is 1.43. The van der Waals surface area contributed by atoms with Crippen molar-refractivity contribution < 1.29 is 14.3 Å². The molecule has 0 bridgehead atoms. The van der Waals surface area contributed by atoms with Gasteiger partial charge in [-0.2, -0.15) is 0 Å². The van der Waals surface area contributed by atoms with E-state index in [1.54, 1.807) is 0 Å². The molecule has 0 amide bonds. The molecular weight excluding hydrogens is 304 g/mol. The number of carbonyl (C=O) groups is 1. The number of benzene rings is 2. The zero-order valence-electron chi connectivity index (χ0n) is 13.2. The van der Waals surface area contributed by atoms with E-state index in [1.165, 1.54) is 0 Å². The van der Waals surface area contributed by atoms with E-state index < -0.39 is 0 Å². The molecule has 0 saturated carbocycles. The molecule has 2 aromatic carbocycles. The standard InChI is InChI=1S/C19H18N2O3/c22-16(10-14-4-5-17-18(11-14)24-12-23-17)9-13-2-1-3-15(8-13)19-20-6-7-21-19/h1-5,8,11H,6-7,9-10,12H2,(H,20,21). The number of aliphatic imine (C=N–C) groups is 1. The zero-order valence-corrected chi connectivity index (χ0v) is 13.2. The van der Waals surface area contributed by atoms with Crippen LogP contribution in [0.4, 0.5) is 0 Å². The van der Waals surface area contributed by atoms with Gasteiger partial charge in [0.2, 0.25) is 6.79 Å². The van der Waals surface area contributed by atoms with Crippen LogP contribution >= 0.6 is 0 Å². The maximum atomic E-state index is 12.4. The molecule has 0 aliphatic carbocycles. The van der Waals surface area contributed by atoms with Crippen molar-refractivity contribution in [1.29, 1.82) is 0 Å². The van der Waals surface area contributed by atoms with Crippen LogP contribution in [0, 0.1) is 0 Å². The Morgan fingerprint density at radius 2 is 1.88 bits per heavy atom. The molecule has 0 atom stereocenters. The SMILES string of the molecule is O=C(Cc1cccc(C2=NCCN2)c1)Cc1ccc2c(c1)OCO2. The van der Waals surface area contributed by atoms with Gasteiger partial charge in [-0.25, -0.2) is 0 Å². The molecule has 2 aliphatic rings. The lowest BCUT2D eigenvalue weighted by Gasteiger charge is -2.06. The smallest absolute Gasteiger partial charge is 0.231 e. The first kappa shape index (κ1) is 14.8. The summed E-state index contributed by atoms with van der Waals surface area (Å²) in [5, 5.41) is 3.26. The first-order chi connectivity index (χ1) is 11.8. The Kier molecular flexibility index (Phi) is 3.91. The van der Waals surface area contributed by atoms with Crippen molar-refractivity contribution >= 4 is 11.6 Å². The quantitative estimate of drug-likeness (QED) is 0.916. The maximum absolute atomic E-state index is 12.4. The summed E-state index contributed by atoms with van der Waals surface area (Å²) in [6, 6.07) is 13.7. The molecule has 4 rings (SSSR count). The highest BCUT2D eigenvalue weighted by atomic mass is 16.7. The highest BCUT2D eigenvalue weighted by Crippen LogP contribution is 2.32. The Morgan fingerprint density at radius 1 is 1.04 bits per heavy atom. The Hall–Kier alpha value is -2.82. The van der Waals surface area contributed by atoms with Crippen LogP contribution in [0.5, 0.6) is 11.5 Å². The van der Waals surface area contributed by atoms with E-state index >= 15 is 0 Å². The number of rotatable bonds is 5. The van der Waals surface area contributed by atoms with Crippen molar-refractivity contribution in [3.63, 3.8) is 0 Å². The van der Waals surface area contributed by atoms with Crippen LogP contribution in [-0.4, -0.2) is 31.5 Å². The molecule has 0 saturated heterocycles. The van der Waals surface area contributed by atoms with Gasteiger partial charge in [0.1, 0.15) is 11.6 Å². The van der Waals surface area contributed by atoms with Crippen LogP contribution in [0.3, 0.4) is 0 Å². The average Bonchev–Trinajstić information content (AvgIpc) is 3.26. The van der Waals surface area contributed by atoms with Gasteiger partial charge in [0.25, 0.3) is 0 Å². The zero-order chi connectivity index (χ0) is 16.4. The average molecular weight is 322 g/mol. The number of nitrogens with one attached hydrogen (secondary N) is 1. The minimum Gasteiger partial charge on any atom is -0.454 e. The molecule has 0 fully saturated rings. The van der Waals surface area contributed by atoms with E-state index in [1.807, 2.05) is 42.5 Å². The molecule has 0 unspecified atom stereocenters. The number of nitrogens with zero attached hydrogens (tertiary/aromatic N) is 1. The van der Waals surface area contributed by atoms with Gasteiger partial charge in [0.05, 0.1) is 6.54 Å². The Morgan fingerprint density at radius 3 is 2.71 bits per heavy atom. The first-order valence-electron chi connectivity index (χ1n) is 8.06. The van der Waals surface area contributed by atoms with Gasteiger partial charge in [-0.1, -0.05) is 24.3 Å². The summed E-state index contributed by atoms with van der Waals surface area (Å²) in [5.74, 6) is 2.55. The van der Waals surface area contributed by atoms with Crippen LogP contribution in [0.25, 0.3) is 0 Å². The van der Waals surface area contributed by atoms with E-state index in [0.29, 0.717) is 18.6 Å². The van der Waals surface area contributed by atoms with Gasteiger partial charge in [-0.15, -0.1) is 0 Å². The minimum absolute atomic E-state index is 0.173. The Labute approximate surface area is 140 Å². The normalized spacial score (nSPS) is 15.1. The fourth-order valence-corrected chi connectivity index (χ4v) is 2.99. The summed E-state index contributed by atoms with van der Waals surface area (Å²) in [4.78, 5) is 16.8. The summed E-state index contributed by atoms with van der Waals surface area (Å²) < 4.78 is 10.6. The lowest BCUT2D eigenvalue weighted by atomic mass is 10.0. The number of fused-ring (bicyclic) bond motifs is 1. The lowest BCUT2D eigenvalue weighted by Crippen LogP contribution is -2.19. The lowest BCUT2D eigenvalue weighted by molar-refractivity contribution is -0.117. The highest BCUT2D eigenvalue weighted by molar-refractivity contribution is 6.00. The number of amidine groups is 1. The summed E-state index contributed by atoms with van der Waals surface area (Å²) in [5.41, 5.74) is 3.00. The maximum Gasteiger partial charge on any atom is 0.231 e. The van der Waals surface area contributed by atoms with Gasteiger partial charge in [0, 0.05) is 24.9 Å². The summed E-state index contributed by atoms with van der Waals surface area (Å²) >= 11 is 0. The van der Waals surface area contributed by atoms with Gasteiger partial charge in [-0.3, -0.25) is 9.79 Å². The number of hydrogen-bond acceptors (Lipinski definition) is 5. The first-order valence-corrected chi connectivity index (χ1v) is 8.06. The number of Topliss-reactive ketones (excluding diaryl/α,β-unsaturated/α-hetero) is 1. The molecule has 2 heterocycles. The van der Waals surface area contributed by atoms with E-state index in [0.717, 1.165) is 41.4 Å². The molecule has 2 aliphatic heterocycles. The molecule has 24 heavy (non-hydrogen) atoms. The third kappa shape index (κ3) is 3.11. The van der Waals surface area contributed by atoms with Crippen molar-refractivity contribution in [3.8, 4) is 11.5 Å². The van der Waals surface area contributed by atoms with Crippen molar-refractivity contribution in [2.45, 2.75) is 12.8 Å². The van der Waals surface area contributed by atoms with Gasteiger partial charge < -0.3 is 14.8 Å². The molecule has 0 radical (unpaired) electrons. The van der Waals surface area contributed by atoms with E-state index in [2.05, 4.69) is 10.3 Å².